The maximum absolute atomic E-state index is 11.2. The molecule has 0 radical (unpaired) electrons. The standard InChI is InChI=1S/C12H12BrN3O3/c1-3-16-11(10(12(17)18)14-15-16)7-4-5-9(19-2)8(13)6-7/h4-6H,3H2,1-2H3,(H,17,18). The van der Waals surface area contributed by atoms with Gasteiger partial charge < -0.3 is 9.84 Å². The third kappa shape index (κ3) is 2.46. The Morgan fingerprint density at radius 1 is 1.53 bits per heavy atom. The molecule has 0 aliphatic carbocycles. The van der Waals surface area contributed by atoms with Crippen LogP contribution in [0, 0.1) is 0 Å². The lowest BCUT2D eigenvalue weighted by Crippen LogP contribution is -2.03. The van der Waals surface area contributed by atoms with Crippen molar-refractivity contribution in [2.75, 3.05) is 7.11 Å². The van der Waals surface area contributed by atoms with Crippen molar-refractivity contribution in [3.63, 3.8) is 0 Å². The maximum atomic E-state index is 11.2. The number of methoxy groups -OCH3 is 1. The van der Waals surface area contributed by atoms with E-state index in [9.17, 15) is 4.79 Å². The minimum Gasteiger partial charge on any atom is -0.496 e. The zero-order valence-corrected chi connectivity index (χ0v) is 12.0. The number of halogens is 1. The molecule has 2 aromatic rings. The van der Waals surface area contributed by atoms with E-state index in [-0.39, 0.29) is 5.69 Å². The van der Waals surface area contributed by atoms with Gasteiger partial charge >= 0.3 is 5.97 Å². The Balaban J connectivity index is 2.60. The monoisotopic (exact) mass is 325 g/mol. The van der Waals surface area contributed by atoms with E-state index in [0.29, 0.717) is 18.0 Å². The second kappa shape index (κ2) is 5.40. The summed E-state index contributed by atoms with van der Waals surface area (Å²) in [4.78, 5) is 11.2. The lowest BCUT2D eigenvalue weighted by Gasteiger charge is -2.08. The smallest absolute Gasteiger partial charge is 0.358 e. The summed E-state index contributed by atoms with van der Waals surface area (Å²) in [5.41, 5.74) is 1.15. The average molecular weight is 326 g/mol. The largest absolute Gasteiger partial charge is 0.496 e. The number of aromatic nitrogens is 3. The molecule has 0 spiro atoms. The zero-order valence-electron chi connectivity index (χ0n) is 10.4. The van der Waals surface area contributed by atoms with Crippen molar-refractivity contribution in [2.24, 2.45) is 0 Å². The summed E-state index contributed by atoms with van der Waals surface area (Å²) in [7, 11) is 1.57. The fourth-order valence-electron chi connectivity index (χ4n) is 1.78. The molecule has 0 unspecified atom stereocenters. The summed E-state index contributed by atoms with van der Waals surface area (Å²) in [5.74, 6) is -0.419. The Kier molecular flexibility index (Phi) is 3.84. The van der Waals surface area contributed by atoms with Crippen LogP contribution in [0.25, 0.3) is 11.3 Å². The van der Waals surface area contributed by atoms with Gasteiger partial charge in [0.2, 0.25) is 0 Å². The topological polar surface area (TPSA) is 77.2 Å². The number of carboxylic acid groups (broad SMARTS) is 1. The Hall–Kier alpha value is -1.89. The molecular formula is C12H12BrN3O3. The van der Waals surface area contributed by atoms with Gasteiger partial charge in [0, 0.05) is 12.1 Å². The van der Waals surface area contributed by atoms with E-state index in [1.807, 2.05) is 6.92 Å². The number of ether oxygens (including phenoxy) is 1. The number of aryl methyl sites for hydroxylation is 1. The van der Waals surface area contributed by atoms with Gasteiger partial charge in [0.1, 0.15) is 11.4 Å². The fourth-order valence-corrected chi connectivity index (χ4v) is 2.32. The van der Waals surface area contributed by atoms with E-state index < -0.39 is 5.97 Å². The first-order chi connectivity index (χ1) is 9.08. The van der Waals surface area contributed by atoms with Crippen LogP contribution in [-0.2, 0) is 6.54 Å². The molecule has 1 aromatic carbocycles. The minimum absolute atomic E-state index is 0.0566. The molecule has 19 heavy (non-hydrogen) atoms. The highest BCUT2D eigenvalue weighted by Crippen LogP contribution is 2.31. The van der Waals surface area contributed by atoms with Gasteiger partial charge in [0.05, 0.1) is 11.6 Å². The van der Waals surface area contributed by atoms with Gasteiger partial charge in [-0.2, -0.15) is 0 Å². The van der Waals surface area contributed by atoms with E-state index in [0.717, 1.165) is 10.0 Å². The fraction of sp³-hybridized carbons (Fsp3) is 0.250. The summed E-state index contributed by atoms with van der Waals surface area (Å²) in [6.07, 6.45) is 0. The van der Waals surface area contributed by atoms with Crippen LogP contribution in [-0.4, -0.2) is 33.2 Å². The summed E-state index contributed by atoms with van der Waals surface area (Å²) in [6.45, 7) is 2.42. The Bertz CT molecular complexity index is 625. The van der Waals surface area contributed by atoms with Crippen molar-refractivity contribution in [1.29, 1.82) is 0 Å². The lowest BCUT2D eigenvalue weighted by molar-refractivity contribution is 0.0691. The van der Waals surface area contributed by atoms with Gasteiger partial charge in [0.15, 0.2) is 5.69 Å². The molecule has 0 saturated heterocycles. The number of carbonyl (C=O) groups is 1. The van der Waals surface area contributed by atoms with Gasteiger partial charge in [-0.1, -0.05) is 5.21 Å². The summed E-state index contributed by atoms with van der Waals surface area (Å²) < 4.78 is 7.45. The third-order valence-corrected chi connectivity index (χ3v) is 3.28. The molecule has 0 saturated carbocycles. The van der Waals surface area contributed by atoms with Crippen molar-refractivity contribution in [3.8, 4) is 17.0 Å². The highest BCUT2D eigenvalue weighted by molar-refractivity contribution is 9.10. The van der Waals surface area contributed by atoms with Crippen molar-refractivity contribution in [2.45, 2.75) is 13.5 Å². The predicted molar refractivity (Wildman–Crippen MR) is 72.3 cm³/mol. The summed E-state index contributed by atoms with van der Waals surface area (Å²) in [6, 6.07) is 5.33. The number of carboxylic acids is 1. The first-order valence-corrected chi connectivity index (χ1v) is 6.38. The quantitative estimate of drug-likeness (QED) is 0.934. The van der Waals surface area contributed by atoms with Crippen LogP contribution in [0.4, 0.5) is 0 Å². The Labute approximate surface area is 118 Å². The summed E-state index contributed by atoms with van der Waals surface area (Å²) in [5, 5.41) is 16.7. The number of aromatic carboxylic acids is 1. The highest BCUT2D eigenvalue weighted by Gasteiger charge is 2.20. The third-order valence-electron chi connectivity index (χ3n) is 2.66. The Morgan fingerprint density at radius 3 is 2.79 bits per heavy atom. The van der Waals surface area contributed by atoms with Crippen LogP contribution < -0.4 is 4.74 Å². The molecule has 1 heterocycles. The molecular weight excluding hydrogens is 314 g/mol. The molecule has 6 nitrogen and oxygen atoms in total. The van der Waals surface area contributed by atoms with Crippen LogP contribution >= 0.6 is 15.9 Å². The van der Waals surface area contributed by atoms with Crippen molar-refractivity contribution >= 4 is 21.9 Å². The van der Waals surface area contributed by atoms with Crippen LogP contribution in [0.15, 0.2) is 22.7 Å². The Morgan fingerprint density at radius 2 is 2.26 bits per heavy atom. The normalized spacial score (nSPS) is 10.5. The van der Waals surface area contributed by atoms with Crippen molar-refractivity contribution < 1.29 is 14.6 Å². The van der Waals surface area contributed by atoms with E-state index in [2.05, 4.69) is 26.2 Å². The number of benzene rings is 1. The molecule has 2 rings (SSSR count). The van der Waals surface area contributed by atoms with Crippen molar-refractivity contribution in [1.82, 2.24) is 15.0 Å². The average Bonchev–Trinajstić information content (AvgIpc) is 2.82. The molecule has 0 aliphatic heterocycles. The summed E-state index contributed by atoms with van der Waals surface area (Å²) >= 11 is 3.38. The molecule has 100 valence electrons. The van der Waals surface area contributed by atoms with E-state index in [1.54, 1.807) is 30.0 Å². The highest BCUT2D eigenvalue weighted by atomic mass is 79.9. The van der Waals surface area contributed by atoms with E-state index >= 15 is 0 Å². The van der Waals surface area contributed by atoms with Gasteiger partial charge in [-0.15, -0.1) is 5.10 Å². The van der Waals surface area contributed by atoms with Gasteiger partial charge in [-0.3, -0.25) is 0 Å². The molecule has 0 fully saturated rings. The van der Waals surface area contributed by atoms with E-state index in [4.69, 9.17) is 9.84 Å². The van der Waals surface area contributed by atoms with Gasteiger partial charge in [-0.05, 0) is 41.1 Å². The first kappa shape index (κ1) is 13.5. The molecule has 0 bridgehead atoms. The second-order valence-corrected chi connectivity index (χ2v) is 4.61. The number of hydrogen-bond donors (Lipinski definition) is 1. The SMILES string of the molecule is CCn1nnc(C(=O)O)c1-c1ccc(OC)c(Br)c1. The number of hydrogen-bond acceptors (Lipinski definition) is 4. The minimum atomic E-state index is -1.10. The molecule has 1 N–H and O–H groups in total. The van der Waals surface area contributed by atoms with Crippen LogP contribution in [0.5, 0.6) is 5.75 Å². The first-order valence-electron chi connectivity index (χ1n) is 5.59. The predicted octanol–water partition coefficient (Wildman–Crippen LogP) is 2.43. The van der Waals surface area contributed by atoms with Gasteiger partial charge in [0.25, 0.3) is 0 Å². The van der Waals surface area contributed by atoms with E-state index in [1.165, 1.54) is 0 Å². The number of rotatable bonds is 4. The molecule has 0 amide bonds. The molecule has 0 aliphatic rings. The van der Waals surface area contributed by atoms with Gasteiger partial charge in [-0.25, -0.2) is 9.48 Å². The van der Waals surface area contributed by atoms with Crippen LogP contribution in [0.1, 0.15) is 17.4 Å². The van der Waals surface area contributed by atoms with Crippen LogP contribution in [0.3, 0.4) is 0 Å². The second-order valence-electron chi connectivity index (χ2n) is 3.76. The lowest BCUT2D eigenvalue weighted by atomic mass is 10.1. The molecule has 7 heteroatoms. The van der Waals surface area contributed by atoms with Crippen molar-refractivity contribution in [3.05, 3.63) is 28.4 Å². The molecule has 0 atom stereocenters. The number of nitrogens with zero attached hydrogens (tertiary/aromatic N) is 3. The maximum Gasteiger partial charge on any atom is 0.358 e. The zero-order chi connectivity index (χ0) is 14.0. The van der Waals surface area contributed by atoms with Crippen LogP contribution in [0.2, 0.25) is 0 Å². The molecule has 1 aromatic heterocycles.